The van der Waals surface area contributed by atoms with E-state index in [1.165, 1.54) is 12.1 Å². The molecule has 33 heavy (non-hydrogen) atoms. The zero-order chi connectivity index (χ0) is 24.8. The number of amides is 1. The molecule has 0 unspecified atom stereocenters. The van der Waals surface area contributed by atoms with E-state index in [9.17, 15) is 22.0 Å². The molecule has 1 amide bonds. The first-order valence-corrected chi connectivity index (χ1v) is 12.5. The summed E-state index contributed by atoms with van der Waals surface area (Å²) in [6, 6.07) is 12.0. The first-order valence-electron chi connectivity index (χ1n) is 9.49. The molecule has 178 valence electrons. The quantitative estimate of drug-likeness (QED) is 0.364. The number of hydrogen-bond donors (Lipinski definition) is 2. The monoisotopic (exact) mass is 537 g/mol. The van der Waals surface area contributed by atoms with Gasteiger partial charge >= 0.3 is 0 Å². The largest absolute Gasteiger partial charge is 0.342 e. The molecule has 0 aliphatic carbocycles. The van der Waals surface area contributed by atoms with Crippen molar-refractivity contribution in [2.75, 3.05) is 12.8 Å². The molecule has 2 aromatic carbocycles. The maximum atomic E-state index is 13.0. The number of rotatable bonds is 9. The summed E-state index contributed by atoms with van der Waals surface area (Å²) >= 11 is 18.2. The Morgan fingerprint density at radius 1 is 1.06 bits per heavy atom. The minimum absolute atomic E-state index is 0.183. The molecular weight excluding hydrogens is 519 g/mol. The Morgan fingerprint density at radius 3 is 2.00 bits per heavy atom. The van der Waals surface area contributed by atoms with Crippen LogP contribution in [0.3, 0.4) is 0 Å². The van der Waals surface area contributed by atoms with Gasteiger partial charge in [0.1, 0.15) is 6.54 Å². The first-order chi connectivity index (χ1) is 15.3. The topological polar surface area (TPSA) is 99.1 Å². The number of nitrogens with one attached hydrogen (secondary N) is 2. The molecule has 0 bridgehead atoms. The molecule has 2 rings (SSSR count). The minimum atomic E-state index is -3.33. The molecule has 0 aliphatic heterocycles. The van der Waals surface area contributed by atoms with Crippen molar-refractivity contribution in [3.05, 3.63) is 54.1 Å². The molecule has 0 fully saturated rings. The molecule has 6 nitrogen and oxygen atoms in total. The number of alkyl halides is 5. The fourth-order valence-electron chi connectivity index (χ4n) is 3.02. The highest BCUT2D eigenvalue weighted by molar-refractivity contribution is 7.90. The van der Waals surface area contributed by atoms with Gasteiger partial charge in [0.05, 0.1) is 23.0 Å². The van der Waals surface area contributed by atoms with Crippen LogP contribution in [0.4, 0.5) is 8.78 Å². The number of benzene rings is 2. The summed E-state index contributed by atoms with van der Waals surface area (Å²) in [5, 5.41) is 13.5. The van der Waals surface area contributed by atoms with Crippen LogP contribution in [-0.2, 0) is 14.6 Å². The van der Waals surface area contributed by atoms with Crippen LogP contribution in [0.5, 0.6) is 0 Å². The summed E-state index contributed by atoms with van der Waals surface area (Å²) in [4.78, 5) is 12.4. The van der Waals surface area contributed by atoms with E-state index in [0.717, 1.165) is 17.4 Å². The molecule has 0 radical (unpaired) electrons. The number of nitrogens with zero attached hydrogens (tertiary/aromatic N) is 1. The van der Waals surface area contributed by atoms with Crippen molar-refractivity contribution in [1.82, 2.24) is 10.6 Å². The highest BCUT2D eigenvalue weighted by atomic mass is 35.6. The Hall–Kier alpha value is -1.96. The third kappa shape index (κ3) is 8.09. The molecule has 0 aromatic heterocycles. The van der Waals surface area contributed by atoms with Crippen molar-refractivity contribution >= 4 is 50.5 Å². The van der Waals surface area contributed by atoms with Gasteiger partial charge in [-0.05, 0) is 28.8 Å². The SMILES string of the molecule is CS(=O)(=O)c1ccc(-c2ccc([C@H](N[C@@H](CC(F)F)C(=O)NCC#N)C(Cl)(Cl)Cl)cc2)cc1. The van der Waals surface area contributed by atoms with Crippen molar-refractivity contribution in [1.29, 1.82) is 5.26 Å². The second-order valence-corrected chi connectivity index (χ2v) is 11.5. The zero-order valence-electron chi connectivity index (χ0n) is 17.2. The first kappa shape index (κ1) is 27.3. The Kier molecular flexibility index (Phi) is 9.47. The van der Waals surface area contributed by atoms with Crippen LogP contribution < -0.4 is 10.6 Å². The molecule has 0 aliphatic rings. The summed E-state index contributed by atoms with van der Waals surface area (Å²) in [5.41, 5.74) is 1.88. The second kappa shape index (κ2) is 11.4. The van der Waals surface area contributed by atoms with E-state index in [1.807, 2.05) is 0 Å². The van der Waals surface area contributed by atoms with Crippen LogP contribution in [0.15, 0.2) is 53.4 Å². The van der Waals surface area contributed by atoms with E-state index in [-0.39, 0.29) is 11.4 Å². The third-order valence-electron chi connectivity index (χ3n) is 4.63. The van der Waals surface area contributed by atoms with E-state index in [0.29, 0.717) is 5.56 Å². The Morgan fingerprint density at radius 2 is 1.58 bits per heavy atom. The van der Waals surface area contributed by atoms with Gasteiger partial charge in [-0.25, -0.2) is 17.2 Å². The van der Waals surface area contributed by atoms with E-state index >= 15 is 0 Å². The number of sulfone groups is 1. The van der Waals surface area contributed by atoms with Gasteiger partial charge in [-0.15, -0.1) is 0 Å². The number of halogens is 5. The third-order valence-corrected chi connectivity index (χ3v) is 6.41. The van der Waals surface area contributed by atoms with Crippen LogP contribution >= 0.6 is 34.8 Å². The van der Waals surface area contributed by atoms with Gasteiger partial charge in [0.2, 0.25) is 16.1 Å². The lowest BCUT2D eigenvalue weighted by Gasteiger charge is -2.30. The number of carbonyl (C=O) groups excluding carboxylic acids is 1. The average Bonchev–Trinajstić information content (AvgIpc) is 2.73. The Balaban J connectivity index is 2.31. The van der Waals surface area contributed by atoms with Crippen LogP contribution in [0, 0.1) is 11.3 Å². The maximum Gasteiger partial charge on any atom is 0.240 e. The summed E-state index contributed by atoms with van der Waals surface area (Å²) in [7, 11) is -3.33. The van der Waals surface area contributed by atoms with E-state index < -0.39 is 44.5 Å². The normalized spacial score (nSPS) is 13.9. The van der Waals surface area contributed by atoms with Gasteiger partial charge in [-0.3, -0.25) is 10.1 Å². The van der Waals surface area contributed by atoms with Crippen LogP contribution in [0.1, 0.15) is 18.0 Å². The summed E-state index contributed by atoms with van der Waals surface area (Å²) in [6.07, 6.45) is -2.55. The molecule has 0 saturated heterocycles. The van der Waals surface area contributed by atoms with Gasteiger partial charge in [0, 0.05) is 12.7 Å². The summed E-state index contributed by atoms with van der Waals surface area (Å²) in [5.74, 6) is -0.821. The standard InChI is InChI=1S/C21H20Cl3F2N3O3S/c1-33(31,32)16-8-6-14(7-9-16)13-2-4-15(5-3-13)19(21(22,23)24)29-17(12-18(25)26)20(30)28-11-10-27/h2-9,17-19,29H,11-12H2,1H3,(H,28,30)/t17-,19-/m0/s1. The average molecular weight is 539 g/mol. The predicted octanol–water partition coefficient (Wildman–Crippen LogP) is 4.42. The summed E-state index contributed by atoms with van der Waals surface area (Å²) < 4.78 is 47.3. The minimum Gasteiger partial charge on any atom is -0.342 e. The van der Waals surface area contributed by atoms with Crippen molar-refractivity contribution < 1.29 is 22.0 Å². The molecule has 0 saturated carbocycles. The fourth-order valence-corrected chi connectivity index (χ4v) is 4.22. The molecule has 2 atom stereocenters. The maximum absolute atomic E-state index is 13.0. The van der Waals surface area contributed by atoms with Crippen molar-refractivity contribution in [3.8, 4) is 17.2 Å². The van der Waals surface area contributed by atoms with Crippen molar-refractivity contribution in [3.63, 3.8) is 0 Å². The second-order valence-electron chi connectivity index (χ2n) is 7.12. The number of carbonyl (C=O) groups is 1. The van der Waals surface area contributed by atoms with Crippen LogP contribution in [0.2, 0.25) is 0 Å². The zero-order valence-corrected chi connectivity index (χ0v) is 20.3. The number of nitriles is 1. The van der Waals surface area contributed by atoms with Gasteiger partial charge in [-0.2, -0.15) is 5.26 Å². The lowest BCUT2D eigenvalue weighted by molar-refractivity contribution is -0.124. The highest BCUT2D eigenvalue weighted by Crippen LogP contribution is 2.41. The fraction of sp³-hybridized carbons (Fsp3) is 0.333. The van der Waals surface area contributed by atoms with E-state index in [2.05, 4.69) is 10.6 Å². The van der Waals surface area contributed by atoms with Gasteiger partial charge < -0.3 is 5.32 Å². The highest BCUT2D eigenvalue weighted by Gasteiger charge is 2.37. The molecule has 12 heteroatoms. The Bertz CT molecular complexity index is 1100. The lowest BCUT2D eigenvalue weighted by Crippen LogP contribution is -2.49. The van der Waals surface area contributed by atoms with E-state index in [1.54, 1.807) is 42.5 Å². The lowest BCUT2D eigenvalue weighted by atomic mass is 10.0. The van der Waals surface area contributed by atoms with Gasteiger partial charge in [0.15, 0.2) is 9.84 Å². The van der Waals surface area contributed by atoms with Gasteiger partial charge in [0.25, 0.3) is 0 Å². The molecule has 0 heterocycles. The van der Waals surface area contributed by atoms with Crippen molar-refractivity contribution in [2.24, 2.45) is 0 Å². The number of hydrogen-bond acceptors (Lipinski definition) is 5. The molecule has 2 aromatic rings. The Labute approximate surface area is 205 Å². The molecular formula is C21H20Cl3F2N3O3S. The van der Waals surface area contributed by atoms with E-state index in [4.69, 9.17) is 40.1 Å². The van der Waals surface area contributed by atoms with Crippen molar-refractivity contribution in [2.45, 2.75) is 33.6 Å². The van der Waals surface area contributed by atoms with Crippen LogP contribution in [-0.4, -0.2) is 43.4 Å². The summed E-state index contributed by atoms with van der Waals surface area (Å²) in [6.45, 7) is -0.356. The van der Waals surface area contributed by atoms with Gasteiger partial charge in [-0.1, -0.05) is 71.2 Å². The molecule has 0 spiro atoms. The predicted molar refractivity (Wildman–Crippen MR) is 124 cm³/mol. The van der Waals surface area contributed by atoms with Crippen LogP contribution in [0.25, 0.3) is 11.1 Å². The molecule has 2 N–H and O–H groups in total. The smallest absolute Gasteiger partial charge is 0.240 e.